The molecular formula is C27H27N3O3. The first-order chi connectivity index (χ1) is 16.1. The summed E-state index contributed by atoms with van der Waals surface area (Å²) in [6.07, 6.45) is 0.400. The van der Waals surface area contributed by atoms with E-state index in [1.165, 1.54) is 11.1 Å². The Morgan fingerprint density at radius 2 is 1.79 bits per heavy atom. The van der Waals surface area contributed by atoms with Gasteiger partial charge in [-0.25, -0.2) is 4.98 Å². The van der Waals surface area contributed by atoms with Crippen LogP contribution in [0.25, 0.3) is 11.0 Å². The molecule has 0 saturated carbocycles. The Hall–Kier alpha value is -3.80. The van der Waals surface area contributed by atoms with Crippen molar-refractivity contribution in [1.82, 2.24) is 9.55 Å². The number of hydrogen-bond donors (Lipinski definition) is 0. The molecule has 1 aliphatic heterocycles. The van der Waals surface area contributed by atoms with Crippen LogP contribution in [0.1, 0.15) is 29.3 Å². The minimum absolute atomic E-state index is 0.0233. The van der Waals surface area contributed by atoms with Crippen molar-refractivity contribution in [3.05, 3.63) is 83.7 Å². The van der Waals surface area contributed by atoms with E-state index in [9.17, 15) is 4.79 Å². The number of nitrogens with zero attached hydrogens (tertiary/aromatic N) is 3. The molecule has 1 saturated heterocycles. The zero-order chi connectivity index (χ0) is 22.9. The van der Waals surface area contributed by atoms with Crippen LogP contribution in [0.3, 0.4) is 0 Å². The smallest absolute Gasteiger partial charge is 0.227 e. The number of anilines is 1. The lowest BCUT2D eigenvalue weighted by molar-refractivity contribution is -0.117. The fourth-order valence-electron chi connectivity index (χ4n) is 4.65. The van der Waals surface area contributed by atoms with Crippen LogP contribution in [-0.2, 0) is 11.3 Å². The summed E-state index contributed by atoms with van der Waals surface area (Å²) in [5.74, 6) is 2.31. The Bertz CT molecular complexity index is 1330. The third-order valence-corrected chi connectivity index (χ3v) is 6.44. The van der Waals surface area contributed by atoms with Gasteiger partial charge < -0.3 is 18.9 Å². The van der Waals surface area contributed by atoms with Crippen LogP contribution in [0.4, 0.5) is 5.69 Å². The number of methoxy groups -OCH3 is 2. The van der Waals surface area contributed by atoms with E-state index in [4.69, 9.17) is 14.5 Å². The van der Waals surface area contributed by atoms with Gasteiger partial charge in [-0.15, -0.1) is 0 Å². The van der Waals surface area contributed by atoms with E-state index < -0.39 is 0 Å². The third kappa shape index (κ3) is 3.82. The van der Waals surface area contributed by atoms with Gasteiger partial charge in [0.2, 0.25) is 5.91 Å². The molecule has 0 spiro atoms. The monoisotopic (exact) mass is 441 g/mol. The summed E-state index contributed by atoms with van der Waals surface area (Å²) in [7, 11) is 3.24. The summed E-state index contributed by atoms with van der Waals surface area (Å²) in [5, 5.41) is 0. The highest BCUT2D eigenvalue weighted by molar-refractivity contribution is 5.98. The summed E-state index contributed by atoms with van der Waals surface area (Å²) in [6.45, 7) is 3.39. The van der Waals surface area contributed by atoms with Gasteiger partial charge in [-0.05, 0) is 42.3 Å². The number of carbonyl (C=O) groups is 1. The Morgan fingerprint density at radius 3 is 2.58 bits per heavy atom. The van der Waals surface area contributed by atoms with Crippen LogP contribution < -0.4 is 14.4 Å². The number of aromatic nitrogens is 2. The quantitative estimate of drug-likeness (QED) is 0.426. The lowest BCUT2D eigenvalue weighted by Crippen LogP contribution is -2.25. The number of hydrogen-bond acceptors (Lipinski definition) is 4. The standard InChI is InChI=1S/C27H27N3O3/c1-18-8-4-5-9-19(18)16-30-23-11-7-6-10-22(23)28-27(30)20-14-26(31)29(17-20)24-15-21(32-2)12-13-25(24)33-3/h4-13,15,20H,14,16-17H2,1-3H3/t20-/m1/s1. The number of benzene rings is 3. The molecule has 6 nitrogen and oxygen atoms in total. The van der Waals surface area contributed by atoms with Gasteiger partial charge in [0.05, 0.1) is 30.9 Å². The maximum Gasteiger partial charge on any atom is 0.227 e. The predicted molar refractivity (Wildman–Crippen MR) is 129 cm³/mol. The molecule has 0 aliphatic carbocycles. The Morgan fingerprint density at radius 1 is 1.00 bits per heavy atom. The van der Waals surface area contributed by atoms with Gasteiger partial charge in [-0.2, -0.15) is 0 Å². The van der Waals surface area contributed by atoms with E-state index in [0.29, 0.717) is 24.5 Å². The van der Waals surface area contributed by atoms with Gasteiger partial charge in [-0.1, -0.05) is 36.4 Å². The Labute approximate surface area is 193 Å². The number of aryl methyl sites for hydroxylation is 1. The highest BCUT2D eigenvalue weighted by atomic mass is 16.5. The van der Waals surface area contributed by atoms with Crippen molar-refractivity contribution >= 4 is 22.6 Å². The molecule has 4 aromatic rings. The van der Waals surface area contributed by atoms with Gasteiger partial charge in [0.15, 0.2) is 0 Å². The second-order valence-electron chi connectivity index (χ2n) is 8.41. The van der Waals surface area contributed by atoms with Crippen LogP contribution in [0.15, 0.2) is 66.7 Å². The number of amides is 1. The third-order valence-electron chi connectivity index (χ3n) is 6.44. The van der Waals surface area contributed by atoms with E-state index in [0.717, 1.165) is 29.1 Å². The van der Waals surface area contributed by atoms with Crippen molar-refractivity contribution < 1.29 is 14.3 Å². The summed E-state index contributed by atoms with van der Waals surface area (Å²) >= 11 is 0. The second-order valence-corrected chi connectivity index (χ2v) is 8.41. The molecule has 3 aromatic carbocycles. The van der Waals surface area contributed by atoms with Crippen LogP contribution in [-0.4, -0.2) is 36.2 Å². The molecule has 168 valence electrons. The molecule has 1 aliphatic rings. The molecule has 0 bridgehead atoms. The van der Waals surface area contributed by atoms with Gasteiger partial charge in [0.25, 0.3) is 0 Å². The molecule has 33 heavy (non-hydrogen) atoms. The average molecular weight is 442 g/mol. The van der Waals surface area contributed by atoms with Crippen molar-refractivity contribution in [3.8, 4) is 11.5 Å². The predicted octanol–water partition coefficient (Wildman–Crippen LogP) is 4.93. The SMILES string of the molecule is COc1ccc(OC)c(N2C[C@H](c3nc4ccccc4n3Cc3ccccc3C)CC2=O)c1. The van der Waals surface area contributed by atoms with E-state index in [1.807, 2.05) is 36.4 Å². The van der Waals surface area contributed by atoms with Crippen molar-refractivity contribution in [3.63, 3.8) is 0 Å². The highest BCUT2D eigenvalue weighted by Gasteiger charge is 2.36. The van der Waals surface area contributed by atoms with E-state index in [-0.39, 0.29) is 11.8 Å². The number of fused-ring (bicyclic) bond motifs is 1. The molecule has 1 amide bonds. The minimum atomic E-state index is -0.0233. The maximum atomic E-state index is 13.2. The Kier molecular flexibility index (Phi) is 5.50. The minimum Gasteiger partial charge on any atom is -0.497 e. The summed E-state index contributed by atoms with van der Waals surface area (Å²) in [5.41, 5.74) is 5.25. The first kappa shape index (κ1) is 21.1. The zero-order valence-electron chi connectivity index (χ0n) is 19.1. The fourth-order valence-corrected chi connectivity index (χ4v) is 4.65. The van der Waals surface area contributed by atoms with E-state index in [2.05, 4.69) is 41.8 Å². The zero-order valence-corrected chi connectivity index (χ0v) is 19.1. The fraction of sp³-hybridized carbons (Fsp3) is 0.259. The number of carbonyl (C=O) groups excluding carboxylic acids is 1. The Balaban J connectivity index is 1.54. The molecule has 0 unspecified atom stereocenters. The highest BCUT2D eigenvalue weighted by Crippen LogP contribution is 2.39. The molecule has 6 heteroatoms. The van der Waals surface area contributed by atoms with Crippen molar-refractivity contribution in [2.45, 2.75) is 25.8 Å². The number of imidazole rings is 1. The summed E-state index contributed by atoms with van der Waals surface area (Å²) in [4.78, 5) is 19.9. The van der Waals surface area contributed by atoms with Crippen molar-refractivity contribution in [2.24, 2.45) is 0 Å². The molecule has 1 fully saturated rings. The second kappa shape index (κ2) is 8.62. The average Bonchev–Trinajstić information content (AvgIpc) is 3.40. The number of rotatable bonds is 6. The number of para-hydroxylation sites is 2. The largest absolute Gasteiger partial charge is 0.497 e. The van der Waals surface area contributed by atoms with Crippen LogP contribution >= 0.6 is 0 Å². The van der Waals surface area contributed by atoms with E-state index >= 15 is 0 Å². The van der Waals surface area contributed by atoms with Crippen LogP contribution in [0.5, 0.6) is 11.5 Å². The van der Waals surface area contributed by atoms with Crippen LogP contribution in [0.2, 0.25) is 0 Å². The molecule has 1 aromatic heterocycles. The molecule has 1 atom stereocenters. The van der Waals surface area contributed by atoms with Crippen molar-refractivity contribution in [2.75, 3.05) is 25.7 Å². The maximum absolute atomic E-state index is 13.2. The molecular weight excluding hydrogens is 414 g/mol. The van der Waals surface area contributed by atoms with E-state index in [1.54, 1.807) is 19.1 Å². The normalized spacial score (nSPS) is 15.9. The van der Waals surface area contributed by atoms with Gasteiger partial charge in [0.1, 0.15) is 17.3 Å². The van der Waals surface area contributed by atoms with Gasteiger partial charge in [-0.3, -0.25) is 4.79 Å². The lowest BCUT2D eigenvalue weighted by Gasteiger charge is -2.20. The lowest BCUT2D eigenvalue weighted by atomic mass is 10.1. The van der Waals surface area contributed by atoms with Crippen LogP contribution in [0, 0.1) is 6.92 Å². The molecule has 0 radical (unpaired) electrons. The number of ether oxygens (including phenoxy) is 2. The first-order valence-electron chi connectivity index (χ1n) is 11.1. The van der Waals surface area contributed by atoms with Gasteiger partial charge >= 0.3 is 0 Å². The first-order valence-corrected chi connectivity index (χ1v) is 11.1. The summed E-state index contributed by atoms with van der Waals surface area (Å²) < 4.78 is 13.2. The molecule has 2 heterocycles. The molecule has 5 rings (SSSR count). The summed E-state index contributed by atoms with van der Waals surface area (Å²) in [6, 6.07) is 22.1. The van der Waals surface area contributed by atoms with Gasteiger partial charge in [0, 0.05) is 31.5 Å². The topological polar surface area (TPSA) is 56.6 Å². The molecule has 0 N–H and O–H groups in total. The van der Waals surface area contributed by atoms with Crippen molar-refractivity contribution in [1.29, 1.82) is 0 Å².